The quantitative estimate of drug-likeness (QED) is 0.245. The Balaban J connectivity index is 4.74. The maximum absolute atomic E-state index is 11.5. The third-order valence-electron chi connectivity index (χ3n) is 1.67. The molecule has 0 amide bonds. The van der Waals surface area contributed by atoms with E-state index in [0.29, 0.717) is 16.0 Å². The second-order valence-corrected chi connectivity index (χ2v) is 7.91. The summed E-state index contributed by atoms with van der Waals surface area (Å²) in [4.78, 5) is 34.5. The first-order valence-electron chi connectivity index (χ1n) is 5.82. The SMILES string of the molecule is O=C(/C=C/CBr)[O][Ga]([O]C(=O)/C=C/CBr)[O]C(=O)/C=C/CBr. The molecule has 0 aromatic rings. The predicted octanol–water partition coefficient (Wildman–Crippen LogP) is 2.45. The molecule has 0 rings (SSSR count). The molecule has 0 aromatic carbocycles. The van der Waals surface area contributed by atoms with Gasteiger partial charge in [-0.15, -0.1) is 0 Å². The van der Waals surface area contributed by atoms with Crippen molar-refractivity contribution in [2.45, 2.75) is 0 Å². The zero-order valence-corrected chi connectivity index (χ0v) is 18.4. The number of carbonyl (C=O) groups is 3. The summed E-state index contributed by atoms with van der Waals surface area (Å²) in [5.74, 6) is -2.21. The van der Waals surface area contributed by atoms with E-state index in [1.54, 1.807) is 0 Å². The van der Waals surface area contributed by atoms with Gasteiger partial charge in [-0.25, -0.2) is 0 Å². The van der Waals surface area contributed by atoms with E-state index in [1.165, 1.54) is 18.2 Å². The van der Waals surface area contributed by atoms with Crippen molar-refractivity contribution in [1.29, 1.82) is 0 Å². The molecule has 120 valence electrons. The number of rotatable bonds is 9. The predicted molar refractivity (Wildman–Crippen MR) is 92.8 cm³/mol. The van der Waals surface area contributed by atoms with Crippen LogP contribution in [0.5, 0.6) is 0 Å². The van der Waals surface area contributed by atoms with Crippen molar-refractivity contribution in [2.24, 2.45) is 0 Å². The summed E-state index contributed by atoms with van der Waals surface area (Å²) in [6.07, 6.45) is 7.95. The summed E-state index contributed by atoms with van der Waals surface area (Å²) in [5, 5.41) is 1.38. The van der Waals surface area contributed by atoms with Crippen LogP contribution < -0.4 is 0 Å². The van der Waals surface area contributed by atoms with Crippen molar-refractivity contribution in [3.8, 4) is 0 Å². The second-order valence-electron chi connectivity index (χ2n) is 3.27. The Morgan fingerprint density at radius 2 is 0.955 bits per heavy atom. The molecule has 0 saturated carbocycles. The standard InChI is InChI=1S/3C4H5BrO2.Ga/c3*5-3-1-2-4(6)7;/h3*1-2H,3H2,(H,6,7);/q;;;+3/p-3/b3*2-1+;. The molecule has 0 heterocycles. The molecule has 0 radical (unpaired) electrons. The molecule has 0 N–H and O–H groups in total. The summed E-state index contributed by atoms with van der Waals surface area (Å²) in [7, 11) is 0. The van der Waals surface area contributed by atoms with Crippen LogP contribution in [0.2, 0.25) is 0 Å². The van der Waals surface area contributed by atoms with E-state index in [9.17, 15) is 14.4 Å². The fourth-order valence-corrected chi connectivity index (χ4v) is 3.45. The van der Waals surface area contributed by atoms with Gasteiger partial charge in [0.25, 0.3) is 0 Å². The van der Waals surface area contributed by atoms with Crippen LogP contribution in [0.4, 0.5) is 0 Å². The second kappa shape index (κ2) is 14.3. The van der Waals surface area contributed by atoms with Gasteiger partial charge in [-0.1, -0.05) is 0 Å². The summed E-state index contributed by atoms with van der Waals surface area (Å²) in [6.45, 7) is 0. The maximum atomic E-state index is 11.5. The van der Waals surface area contributed by atoms with Crippen LogP contribution in [0.1, 0.15) is 0 Å². The fourth-order valence-electron chi connectivity index (χ4n) is 0.897. The molecule has 0 atom stereocenters. The van der Waals surface area contributed by atoms with Crippen LogP contribution >= 0.6 is 47.8 Å². The topological polar surface area (TPSA) is 78.9 Å². The van der Waals surface area contributed by atoms with E-state index in [1.807, 2.05) is 0 Å². The van der Waals surface area contributed by atoms with Crippen LogP contribution in [0.25, 0.3) is 0 Å². The monoisotopic (exact) mass is 558 g/mol. The number of hydrogen-bond donors (Lipinski definition) is 0. The number of hydrogen-bond acceptors (Lipinski definition) is 6. The average molecular weight is 562 g/mol. The minimum atomic E-state index is -3.81. The summed E-state index contributed by atoms with van der Waals surface area (Å²) >= 11 is 5.50. The molecule has 0 unspecified atom stereocenters. The van der Waals surface area contributed by atoms with E-state index in [4.69, 9.17) is 10.6 Å². The number of alkyl halides is 3. The van der Waals surface area contributed by atoms with Gasteiger partial charge in [0, 0.05) is 0 Å². The van der Waals surface area contributed by atoms with Gasteiger partial charge in [0.1, 0.15) is 0 Å². The number of allylic oxidation sites excluding steroid dienone is 3. The van der Waals surface area contributed by atoms with Crippen LogP contribution in [0, 0.1) is 0 Å². The summed E-state index contributed by atoms with van der Waals surface area (Å²) < 4.78 is 14.8. The molecule has 0 spiro atoms. The van der Waals surface area contributed by atoms with Crippen LogP contribution in [-0.4, -0.2) is 51.2 Å². The Hall–Kier alpha value is -0.294. The van der Waals surface area contributed by atoms with Crippen LogP contribution in [-0.2, 0) is 25.0 Å². The Bertz CT molecular complexity index is 397. The van der Waals surface area contributed by atoms with E-state index in [-0.39, 0.29) is 0 Å². The molecular formula is C12H12Br3GaO6. The van der Waals surface area contributed by atoms with Crippen molar-refractivity contribution < 1.29 is 25.0 Å². The first-order chi connectivity index (χ1) is 10.5. The van der Waals surface area contributed by atoms with Gasteiger partial charge in [-0.3, -0.25) is 0 Å². The third kappa shape index (κ3) is 12.3. The molecular weight excluding hydrogens is 550 g/mol. The first kappa shape index (κ1) is 21.7. The van der Waals surface area contributed by atoms with E-state index in [0.717, 1.165) is 18.2 Å². The number of halogens is 3. The van der Waals surface area contributed by atoms with Crippen molar-refractivity contribution >= 4 is 83.0 Å². The molecule has 6 nitrogen and oxygen atoms in total. The van der Waals surface area contributed by atoms with E-state index in [2.05, 4.69) is 47.8 Å². The Kier molecular flexibility index (Phi) is 14.1. The van der Waals surface area contributed by atoms with Crippen LogP contribution in [0.15, 0.2) is 36.5 Å². The van der Waals surface area contributed by atoms with Crippen molar-refractivity contribution in [3.63, 3.8) is 0 Å². The van der Waals surface area contributed by atoms with E-state index >= 15 is 0 Å². The normalized spacial score (nSPS) is 11.0. The van der Waals surface area contributed by atoms with Crippen molar-refractivity contribution in [1.82, 2.24) is 0 Å². The van der Waals surface area contributed by atoms with E-state index < -0.39 is 35.2 Å². The van der Waals surface area contributed by atoms with Gasteiger partial charge in [0.2, 0.25) is 0 Å². The molecule has 0 aliphatic carbocycles. The zero-order valence-electron chi connectivity index (χ0n) is 11.2. The van der Waals surface area contributed by atoms with Crippen LogP contribution in [0.3, 0.4) is 0 Å². The Morgan fingerprint density at radius 3 is 1.18 bits per heavy atom. The Morgan fingerprint density at radius 1 is 0.682 bits per heavy atom. The van der Waals surface area contributed by atoms with Crippen molar-refractivity contribution in [3.05, 3.63) is 36.5 Å². The van der Waals surface area contributed by atoms with Gasteiger partial charge < -0.3 is 0 Å². The average Bonchev–Trinajstić information content (AvgIpc) is 2.48. The molecule has 0 bridgehead atoms. The number of carbonyl (C=O) groups excluding carboxylic acids is 3. The van der Waals surface area contributed by atoms with Gasteiger partial charge in [-0.05, 0) is 0 Å². The van der Waals surface area contributed by atoms with Gasteiger partial charge in [-0.2, -0.15) is 0 Å². The molecule has 0 aromatic heterocycles. The molecule has 0 saturated heterocycles. The van der Waals surface area contributed by atoms with Gasteiger partial charge >= 0.3 is 160 Å². The van der Waals surface area contributed by atoms with Crippen molar-refractivity contribution in [2.75, 3.05) is 16.0 Å². The van der Waals surface area contributed by atoms with Gasteiger partial charge in [0.15, 0.2) is 0 Å². The third-order valence-corrected chi connectivity index (χ3v) is 5.46. The van der Waals surface area contributed by atoms with Gasteiger partial charge in [0.05, 0.1) is 0 Å². The summed E-state index contributed by atoms with van der Waals surface area (Å²) in [5.41, 5.74) is 0. The molecule has 10 heteroatoms. The zero-order chi connectivity index (χ0) is 16.8. The molecule has 0 fully saturated rings. The molecule has 0 aliphatic rings. The molecule has 22 heavy (non-hydrogen) atoms. The fraction of sp³-hybridized carbons (Fsp3) is 0.250. The Labute approximate surface area is 159 Å². The minimum absolute atomic E-state index is 0.460. The summed E-state index contributed by atoms with van der Waals surface area (Å²) in [6, 6.07) is 0. The molecule has 0 aliphatic heterocycles. The first-order valence-corrected chi connectivity index (χ1v) is 12.2.